The summed E-state index contributed by atoms with van der Waals surface area (Å²) in [6.07, 6.45) is 0. The molecule has 0 saturated carbocycles. The fraction of sp³-hybridized carbons (Fsp3) is 0.125. The number of amides is 2. The Morgan fingerprint density at radius 1 is 1.00 bits per heavy atom. The quantitative estimate of drug-likeness (QED) is 0.633. The van der Waals surface area contributed by atoms with Crippen molar-refractivity contribution in [1.29, 1.82) is 0 Å². The third kappa shape index (κ3) is 4.89. The summed E-state index contributed by atoms with van der Waals surface area (Å²) >= 11 is 4.73. The topological polar surface area (TPSA) is 58.2 Å². The molecule has 2 rings (SSSR count). The molecule has 0 saturated heterocycles. The molecule has 1 unspecified atom stereocenters. The van der Waals surface area contributed by atoms with Crippen LogP contribution in [0.15, 0.2) is 64.0 Å². The van der Waals surface area contributed by atoms with Crippen LogP contribution in [0.2, 0.25) is 0 Å². The zero-order valence-electron chi connectivity index (χ0n) is 11.9. The van der Waals surface area contributed by atoms with Crippen LogP contribution in [-0.4, -0.2) is 17.1 Å². The molecule has 6 heteroatoms. The molecule has 0 spiro atoms. The lowest BCUT2D eigenvalue weighted by Crippen LogP contribution is -2.44. The van der Waals surface area contributed by atoms with E-state index >= 15 is 0 Å². The first-order valence-electron chi connectivity index (χ1n) is 6.64. The van der Waals surface area contributed by atoms with Crippen LogP contribution in [-0.2, 0) is 4.79 Å². The summed E-state index contributed by atoms with van der Waals surface area (Å²) in [5.41, 5.74) is 5.34. The van der Waals surface area contributed by atoms with Crippen LogP contribution in [0.25, 0.3) is 0 Å². The van der Waals surface area contributed by atoms with Crippen molar-refractivity contribution < 1.29 is 9.59 Å². The van der Waals surface area contributed by atoms with Gasteiger partial charge in [-0.05, 0) is 43.3 Å². The monoisotopic (exact) mass is 378 g/mol. The first kappa shape index (κ1) is 16.6. The van der Waals surface area contributed by atoms with Crippen LogP contribution in [0.4, 0.5) is 0 Å². The van der Waals surface area contributed by atoms with Gasteiger partial charge in [0.1, 0.15) is 0 Å². The van der Waals surface area contributed by atoms with E-state index in [0.29, 0.717) is 5.56 Å². The molecule has 4 nitrogen and oxygen atoms in total. The van der Waals surface area contributed by atoms with Gasteiger partial charge in [0, 0.05) is 14.9 Å². The zero-order chi connectivity index (χ0) is 15.9. The Morgan fingerprint density at radius 3 is 2.27 bits per heavy atom. The van der Waals surface area contributed by atoms with E-state index in [-0.39, 0.29) is 17.1 Å². The third-order valence-corrected chi connectivity index (χ3v) is 4.47. The van der Waals surface area contributed by atoms with Crippen molar-refractivity contribution in [3.8, 4) is 0 Å². The van der Waals surface area contributed by atoms with Gasteiger partial charge in [0.2, 0.25) is 0 Å². The number of hydrogen-bond donors (Lipinski definition) is 2. The van der Waals surface area contributed by atoms with Crippen molar-refractivity contribution >= 4 is 39.5 Å². The molecule has 0 bridgehead atoms. The Balaban J connectivity index is 1.84. The normalized spacial score (nSPS) is 11.5. The Bertz CT molecular complexity index is 647. The van der Waals surface area contributed by atoms with Crippen LogP contribution >= 0.6 is 27.7 Å². The largest absolute Gasteiger partial charge is 0.272 e. The molecule has 0 aromatic heterocycles. The predicted molar refractivity (Wildman–Crippen MR) is 91.5 cm³/mol. The van der Waals surface area contributed by atoms with E-state index < -0.39 is 0 Å². The van der Waals surface area contributed by atoms with Gasteiger partial charge in [-0.15, -0.1) is 11.8 Å². The van der Waals surface area contributed by atoms with Gasteiger partial charge < -0.3 is 0 Å². The van der Waals surface area contributed by atoms with Crippen molar-refractivity contribution in [3.05, 3.63) is 64.6 Å². The smallest absolute Gasteiger partial charge is 0.269 e. The first-order chi connectivity index (χ1) is 10.6. The molecule has 0 fully saturated rings. The zero-order valence-corrected chi connectivity index (χ0v) is 14.3. The maximum atomic E-state index is 12.0. The molecule has 2 N–H and O–H groups in total. The molecule has 22 heavy (non-hydrogen) atoms. The number of benzene rings is 2. The average molecular weight is 379 g/mol. The van der Waals surface area contributed by atoms with E-state index in [2.05, 4.69) is 26.8 Å². The number of hydrogen-bond acceptors (Lipinski definition) is 3. The Kier molecular flexibility index (Phi) is 6.03. The summed E-state index contributed by atoms with van der Waals surface area (Å²) in [4.78, 5) is 24.9. The van der Waals surface area contributed by atoms with Gasteiger partial charge in [-0.25, -0.2) is 0 Å². The van der Waals surface area contributed by atoms with Crippen molar-refractivity contribution in [2.45, 2.75) is 17.1 Å². The minimum Gasteiger partial charge on any atom is -0.272 e. The van der Waals surface area contributed by atoms with Crippen molar-refractivity contribution in [3.63, 3.8) is 0 Å². The number of rotatable bonds is 4. The number of hydrazine groups is 1. The second-order valence-corrected chi connectivity index (χ2v) is 6.85. The van der Waals surface area contributed by atoms with E-state index in [4.69, 9.17) is 0 Å². The highest BCUT2D eigenvalue weighted by molar-refractivity contribution is 9.10. The van der Waals surface area contributed by atoms with Gasteiger partial charge in [0.05, 0.1) is 5.25 Å². The van der Waals surface area contributed by atoms with Crippen LogP contribution < -0.4 is 10.9 Å². The lowest BCUT2D eigenvalue weighted by Gasteiger charge is -2.12. The molecule has 114 valence electrons. The molecular formula is C16H15BrN2O2S. The summed E-state index contributed by atoms with van der Waals surface area (Å²) < 4.78 is 0.890. The number of carbonyl (C=O) groups is 2. The van der Waals surface area contributed by atoms with Crippen LogP contribution in [0.3, 0.4) is 0 Å². The van der Waals surface area contributed by atoms with Crippen molar-refractivity contribution in [2.24, 2.45) is 0 Å². The minimum absolute atomic E-state index is 0.251. The van der Waals surface area contributed by atoms with E-state index in [9.17, 15) is 9.59 Å². The Hall–Kier alpha value is -1.79. The summed E-state index contributed by atoms with van der Waals surface area (Å²) in [7, 11) is 0. The molecule has 2 amide bonds. The van der Waals surface area contributed by atoms with Gasteiger partial charge in [-0.3, -0.25) is 20.4 Å². The van der Waals surface area contributed by atoms with Gasteiger partial charge in [0.15, 0.2) is 0 Å². The molecule has 0 radical (unpaired) electrons. The summed E-state index contributed by atoms with van der Waals surface area (Å²) in [6, 6.07) is 16.5. The molecule has 2 aromatic rings. The summed E-state index contributed by atoms with van der Waals surface area (Å²) in [5, 5.41) is -0.312. The number of nitrogens with one attached hydrogen (secondary N) is 2. The highest BCUT2D eigenvalue weighted by Gasteiger charge is 2.15. The molecule has 0 aliphatic heterocycles. The van der Waals surface area contributed by atoms with E-state index in [1.165, 1.54) is 11.8 Å². The van der Waals surface area contributed by atoms with Crippen LogP contribution in [0, 0.1) is 0 Å². The highest BCUT2D eigenvalue weighted by atomic mass is 79.9. The fourth-order valence-corrected chi connectivity index (χ4v) is 2.80. The van der Waals surface area contributed by atoms with Crippen molar-refractivity contribution in [2.75, 3.05) is 0 Å². The fourth-order valence-electron chi connectivity index (χ4n) is 1.65. The van der Waals surface area contributed by atoms with E-state index in [0.717, 1.165) is 9.37 Å². The standard InChI is InChI=1S/C16H15BrN2O2S/c1-11(22-14-5-3-2-4-6-14)15(20)18-19-16(21)12-7-9-13(17)10-8-12/h2-11H,1H3,(H,18,20)(H,19,21). The Morgan fingerprint density at radius 2 is 1.64 bits per heavy atom. The predicted octanol–water partition coefficient (Wildman–Crippen LogP) is 3.39. The average Bonchev–Trinajstić information content (AvgIpc) is 2.53. The number of halogens is 1. The van der Waals surface area contributed by atoms with Crippen molar-refractivity contribution in [1.82, 2.24) is 10.9 Å². The molecule has 1 atom stereocenters. The summed E-state index contributed by atoms with van der Waals surface area (Å²) in [6.45, 7) is 1.79. The molecule has 0 heterocycles. The van der Waals surface area contributed by atoms with Gasteiger partial charge in [0.25, 0.3) is 11.8 Å². The Labute approximate surface area is 141 Å². The van der Waals surface area contributed by atoms with Crippen LogP contribution in [0.1, 0.15) is 17.3 Å². The molecular weight excluding hydrogens is 364 g/mol. The number of carbonyl (C=O) groups excluding carboxylic acids is 2. The SMILES string of the molecule is CC(Sc1ccccc1)C(=O)NNC(=O)c1ccc(Br)cc1. The molecule has 0 aliphatic rings. The maximum absolute atomic E-state index is 12.0. The van der Waals surface area contributed by atoms with Gasteiger partial charge >= 0.3 is 0 Å². The molecule has 0 aliphatic carbocycles. The third-order valence-electron chi connectivity index (χ3n) is 2.83. The second kappa shape index (κ2) is 8.00. The minimum atomic E-state index is -0.349. The maximum Gasteiger partial charge on any atom is 0.269 e. The van der Waals surface area contributed by atoms with Gasteiger partial charge in [-0.1, -0.05) is 34.1 Å². The lowest BCUT2D eigenvalue weighted by atomic mass is 10.2. The summed E-state index contributed by atoms with van der Waals surface area (Å²) in [5.74, 6) is -0.600. The van der Waals surface area contributed by atoms with Gasteiger partial charge in [-0.2, -0.15) is 0 Å². The first-order valence-corrected chi connectivity index (χ1v) is 8.31. The number of thioether (sulfide) groups is 1. The van der Waals surface area contributed by atoms with E-state index in [1.54, 1.807) is 31.2 Å². The van der Waals surface area contributed by atoms with Crippen LogP contribution in [0.5, 0.6) is 0 Å². The highest BCUT2D eigenvalue weighted by Crippen LogP contribution is 2.22. The van der Waals surface area contributed by atoms with E-state index in [1.807, 2.05) is 30.3 Å². The molecule has 2 aromatic carbocycles. The lowest BCUT2D eigenvalue weighted by molar-refractivity contribution is -0.121. The second-order valence-electron chi connectivity index (χ2n) is 4.52.